The maximum absolute atomic E-state index is 13.2. The van der Waals surface area contributed by atoms with E-state index >= 15 is 0 Å². The third-order valence-corrected chi connectivity index (χ3v) is 9.76. The second-order valence-corrected chi connectivity index (χ2v) is 11.8. The van der Waals surface area contributed by atoms with Crippen LogP contribution in [0.15, 0.2) is 29.1 Å². The number of carbonyl (C=O) groups is 1. The fourth-order valence-electron chi connectivity index (χ4n) is 7.79. The van der Waals surface area contributed by atoms with E-state index < -0.39 is 0 Å². The molecule has 2 N–H and O–H groups in total. The van der Waals surface area contributed by atoms with E-state index in [1.165, 1.54) is 30.5 Å². The second-order valence-electron chi connectivity index (χ2n) is 11.8. The van der Waals surface area contributed by atoms with Gasteiger partial charge in [-0.3, -0.25) is 14.5 Å². The van der Waals surface area contributed by atoms with E-state index in [-0.39, 0.29) is 16.9 Å². The van der Waals surface area contributed by atoms with Crippen LogP contribution in [0.4, 0.5) is 0 Å². The number of H-pyrrole nitrogens is 1. The molecule has 3 atom stereocenters. The van der Waals surface area contributed by atoms with Crippen molar-refractivity contribution in [2.24, 2.45) is 11.8 Å². The highest BCUT2D eigenvalue weighted by Gasteiger charge is 2.55. The minimum absolute atomic E-state index is 0.0641. The number of nitrogens with one attached hydrogen (secondary N) is 1. The van der Waals surface area contributed by atoms with Gasteiger partial charge in [0.1, 0.15) is 11.3 Å². The number of aromatic hydroxyl groups is 1. The molecule has 3 fully saturated rings. The Hall–Kier alpha value is -2.60. The van der Waals surface area contributed by atoms with Crippen molar-refractivity contribution in [1.29, 1.82) is 0 Å². The second kappa shape index (κ2) is 7.95. The number of hydrogen-bond acceptors (Lipinski definition) is 4. The van der Waals surface area contributed by atoms with Gasteiger partial charge in [-0.25, -0.2) is 0 Å². The molecule has 5 aliphatic rings. The number of aromatic amines is 1. The Morgan fingerprint density at radius 2 is 1.89 bits per heavy atom. The predicted molar refractivity (Wildman–Crippen MR) is 134 cm³/mol. The Morgan fingerprint density at radius 1 is 1.06 bits per heavy atom. The van der Waals surface area contributed by atoms with Gasteiger partial charge >= 0.3 is 0 Å². The smallest absolute Gasteiger partial charge is 0.261 e. The van der Waals surface area contributed by atoms with Crippen LogP contribution in [0.25, 0.3) is 0 Å². The average Bonchev–Trinajstić information content (AvgIpc) is 3.69. The minimum atomic E-state index is -0.246. The van der Waals surface area contributed by atoms with E-state index in [9.17, 15) is 14.7 Å². The lowest BCUT2D eigenvalue weighted by Crippen LogP contribution is -2.63. The summed E-state index contributed by atoms with van der Waals surface area (Å²) >= 11 is 0. The highest BCUT2D eigenvalue weighted by Crippen LogP contribution is 2.55. The summed E-state index contributed by atoms with van der Waals surface area (Å²) in [5.41, 5.74) is 4.78. The Balaban J connectivity index is 1.30. The van der Waals surface area contributed by atoms with Gasteiger partial charge in [0.15, 0.2) is 0 Å². The van der Waals surface area contributed by atoms with Gasteiger partial charge in [0.05, 0.1) is 0 Å². The summed E-state index contributed by atoms with van der Waals surface area (Å²) in [4.78, 5) is 34.1. The number of fused-ring (bicyclic) bond motifs is 2. The molecule has 6 nitrogen and oxygen atoms in total. The lowest BCUT2D eigenvalue weighted by molar-refractivity contribution is 0.00457. The van der Waals surface area contributed by atoms with Gasteiger partial charge in [0, 0.05) is 36.8 Å². The molecule has 35 heavy (non-hydrogen) atoms. The molecule has 0 spiro atoms. The van der Waals surface area contributed by atoms with Crippen molar-refractivity contribution in [2.75, 3.05) is 26.2 Å². The monoisotopic (exact) mass is 473 g/mol. The number of phenolic OH excluding ortho intramolecular Hbond substituents is 1. The number of rotatable bonds is 3. The molecule has 184 valence electrons. The first-order valence-corrected chi connectivity index (χ1v) is 13.6. The van der Waals surface area contributed by atoms with Gasteiger partial charge in [0.2, 0.25) is 0 Å². The number of benzene rings is 1. The third-order valence-electron chi connectivity index (χ3n) is 9.76. The largest absolute Gasteiger partial charge is 0.508 e. The molecule has 0 unspecified atom stereocenters. The average molecular weight is 474 g/mol. The van der Waals surface area contributed by atoms with Crippen molar-refractivity contribution in [3.8, 4) is 5.75 Å². The lowest BCUT2D eigenvalue weighted by atomic mass is 9.52. The number of piperidine rings is 2. The fraction of sp³-hybridized carbons (Fsp3) is 0.586. The molecule has 2 aliphatic heterocycles. The lowest BCUT2D eigenvalue weighted by Gasteiger charge is -2.59. The summed E-state index contributed by atoms with van der Waals surface area (Å²) in [6, 6.07) is 8.34. The topological polar surface area (TPSA) is 76.6 Å². The normalized spacial score (nSPS) is 29.8. The molecule has 3 aliphatic carbocycles. The minimum Gasteiger partial charge on any atom is -0.508 e. The Kier molecular flexibility index (Phi) is 4.92. The fourth-order valence-corrected chi connectivity index (χ4v) is 7.79. The van der Waals surface area contributed by atoms with Crippen LogP contribution in [0, 0.1) is 11.8 Å². The summed E-state index contributed by atoms with van der Waals surface area (Å²) in [6.07, 6.45) is 9.64. The van der Waals surface area contributed by atoms with E-state index in [2.05, 4.69) is 16.0 Å². The number of likely N-dealkylation sites (tertiary alicyclic amines) is 2. The van der Waals surface area contributed by atoms with Crippen LogP contribution in [0.1, 0.15) is 71.3 Å². The van der Waals surface area contributed by atoms with Gasteiger partial charge < -0.3 is 15.0 Å². The van der Waals surface area contributed by atoms with Crippen LogP contribution in [0.3, 0.4) is 0 Å². The standard InChI is InChI=1S/C29H35N3O3/c33-21-7-6-19-14-26-24-13-20-12-22(28(35)31-9-2-1-3-10-31)27(34)30-25(20)16-29(24,23(19)15-21)8-11-32(26)17-18-4-5-18/h6-7,12,15,18,24,26,33H,1-5,8-11,13-14,16-17H2,(H,30,34)/t24-,26+,29+/m0/s1. The molecule has 2 saturated heterocycles. The van der Waals surface area contributed by atoms with Crippen LogP contribution in [0.2, 0.25) is 0 Å². The van der Waals surface area contributed by atoms with Crippen LogP contribution >= 0.6 is 0 Å². The number of amides is 1. The Bertz CT molecular complexity index is 1240. The van der Waals surface area contributed by atoms with Gasteiger partial charge in [0.25, 0.3) is 11.5 Å². The maximum Gasteiger partial charge on any atom is 0.261 e. The molecule has 1 saturated carbocycles. The number of nitrogens with zero attached hydrogens (tertiary/aromatic N) is 2. The molecule has 1 amide bonds. The highest BCUT2D eigenvalue weighted by molar-refractivity contribution is 5.94. The number of phenols is 1. The molecule has 0 radical (unpaired) electrons. The highest BCUT2D eigenvalue weighted by atomic mass is 16.3. The van der Waals surface area contributed by atoms with Crippen LogP contribution < -0.4 is 5.56 Å². The summed E-state index contributed by atoms with van der Waals surface area (Å²) < 4.78 is 0. The van der Waals surface area contributed by atoms with Crippen LogP contribution in [-0.4, -0.2) is 58.0 Å². The van der Waals surface area contributed by atoms with E-state index in [1.807, 2.05) is 23.1 Å². The molecular formula is C29H35N3O3. The Labute approximate surface area is 206 Å². The van der Waals surface area contributed by atoms with Crippen LogP contribution in [0.5, 0.6) is 5.75 Å². The number of hydrogen-bond donors (Lipinski definition) is 2. The first-order chi connectivity index (χ1) is 17.0. The van der Waals surface area contributed by atoms with Crippen LogP contribution in [-0.2, 0) is 24.7 Å². The van der Waals surface area contributed by atoms with E-state index in [4.69, 9.17) is 0 Å². The molecule has 2 bridgehead atoms. The molecule has 1 aromatic heterocycles. The number of pyridine rings is 1. The van der Waals surface area contributed by atoms with Crippen molar-refractivity contribution in [3.63, 3.8) is 0 Å². The van der Waals surface area contributed by atoms with Crippen molar-refractivity contribution in [2.45, 2.75) is 69.2 Å². The number of aromatic nitrogens is 1. The molecule has 2 aromatic rings. The van der Waals surface area contributed by atoms with Crippen molar-refractivity contribution in [1.82, 2.24) is 14.8 Å². The summed E-state index contributed by atoms with van der Waals surface area (Å²) in [5, 5.41) is 10.4. The summed E-state index contributed by atoms with van der Waals surface area (Å²) in [6.45, 7) is 3.78. The van der Waals surface area contributed by atoms with Gasteiger partial charge in [-0.1, -0.05) is 6.07 Å². The molecule has 6 heteroatoms. The molecule has 7 rings (SSSR count). The summed E-state index contributed by atoms with van der Waals surface area (Å²) in [5.74, 6) is 1.51. The van der Waals surface area contributed by atoms with Gasteiger partial charge in [-0.2, -0.15) is 0 Å². The quantitative estimate of drug-likeness (QED) is 0.717. The van der Waals surface area contributed by atoms with Crippen molar-refractivity contribution < 1.29 is 9.90 Å². The Morgan fingerprint density at radius 3 is 2.69 bits per heavy atom. The predicted octanol–water partition coefficient (Wildman–Crippen LogP) is 3.40. The summed E-state index contributed by atoms with van der Waals surface area (Å²) in [7, 11) is 0. The third kappa shape index (κ3) is 3.47. The maximum atomic E-state index is 13.2. The van der Waals surface area contributed by atoms with E-state index in [1.54, 1.807) is 0 Å². The zero-order valence-corrected chi connectivity index (χ0v) is 20.4. The zero-order chi connectivity index (χ0) is 23.7. The molecule has 1 aromatic carbocycles. The number of carbonyl (C=O) groups excluding carboxylic acids is 1. The van der Waals surface area contributed by atoms with Gasteiger partial charge in [-0.05, 0) is 111 Å². The first-order valence-electron chi connectivity index (χ1n) is 13.6. The van der Waals surface area contributed by atoms with E-state index in [0.717, 1.165) is 81.8 Å². The zero-order valence-electron chi connectivity index (χ0n) is 20.4. The van der Waals surface area contributed by atoms with Gasteiger partial charge in [-0.15, -0.1) is 0 Å². The molecule has 3 heterocycles. The molecular weight excluding hydrogens is 438 g/mol. The van der Waals surface area contributed by atoms with Crippen molar-refractivity contribution >= 4 is 5.91 Å². The van der Waals surface area contributed by atoms with Crippen molar-refractivity contribution in [3.05, 3.63) is 62.6 Å². The SMILES string of the molecule is O=C(c1cc2c([nH]c1=O)C[C@]13CCN(CC4CC4)[C@H](Cc4ccc(O)cc41)[C@@H]3C2)N1CCCCC1. The van der Waals surface area contributed by atoms with E-state index in [0.29, 0.717) is 23.3 Å². The first kappa shape index (κ1) is 21.7.